The van der Waals surface area contributed by atoms with Crippen LogP contribution in [0.15, 0.2) is 30.3 Å². The molecule has 0 saturated heterocycles. The largest absolute Gasteiger partial charge is 0.391 e. The van der Waals surface area contributed by atoms with Gasteiger partial charge in [-0.15, -0.1) is 23.5 Å². The van der Waals surface area contributed by atoms with Crippen LogP contribution in [0.1, 0.15) is 46.6 Å². The predicted octanol–water partition coefficient (Wildman–Crippen LogP) is -6.12. The fraction of sp³-hybridized carbons (Fsp3) is 0.550. The van der Waals surface area contributed by atoms with Crippen LogP contribution in [0.25, 0.3) is 0 Å². The van der Waals surface area contributed by atoms with Crippen molar-refractivity contribution in [2.75, 3.05) is 42.6 Å². The van der Waals surface area contributed by atoms with E-state index in [1.807, 2.05) is 0 Å². The van der Waals surface area contributed by atoms with Gasteiger partial charge in [-0.05, 0) is 25.3 Å². The zero-order chi connectivity index (χ0) is 50.8. The molecule has 25 nitrogen and oxygen atoms in total. The van der Waals surface area contributed by atoms with E-state index < -0.39 is 139 Å². The third-order valence-electron chi connectivity index (χ3n) is 9.26. The maximum atomic E-state index is 13.4. The second-order valence-electron chi connectivity index (χ2n) is 15.1. The van der Waals surface area contributed by atoms with Gasteiger partial charge < -0.3 is 70.2 Å². The molecular formula is C40H62N12O13S2. The highest BCUT2D eigenvalue weighted by Gasteiger charge is 2.32. The Morgan fingerprint density at radius 3 is 1.55 bits per heavy atom. The van der Waals surface area contributed by atoms with Crippen LogP contribution in [0.3, 0.4) is 0 Å². The van der Waals surface area contributed by atoms with Crippen LogP contribution >= 0.6 is 23.5 Å². The van der Waals surface area contributed by atoms with Gasteiger partial charge in [0.05, 0.1) is 37.2 Å². The van der Waals surface area contributed by atoms with E-state index in [9.17, 15) is 62.6 Å². The predicted molar refractivity (Wildman–Crippen MR) is 245 cm³/mol. The molecule has 27 heteroatoms. The van der Waals surface area contributed by atoms with E-state index >= 15 is 0 Å². The second kappa shape index (κ2) is 30.7. The number of carbonyl (C=O) groups is 12. The van der Waals surface area contributed by atoms with Crippen LogP contribution in [-0.4, -0.2) is 161 Å². The number of hydrogen-bond donors (Lipinski definition) is 13. The highest BCUT2D eigenvalue weighted by atomic mass is 32.2. The van der Waals surface area contributed by atoms with Gasteiger partial charge in [0.2, 0.25) is 70.9 Å². The Labute approximate surface area is 395 Å². The number of carbonyl (C=O) groups excluding carboxylic acids is 12. The average molecular weight is 983 g/mol. The summed E-state index contributed by atoms with van der Waals surface area (Å²) in [5.74, 6) is -10.3. The lowest BCUT2D eigenvalue weighted by Gasteiger charge is -2.25. The number of rotatable bonds is 31. The molecule has 12 amide bonds. The fourth-order valence-electron chi connectivity index (χ4n) is 5.57. The summed E-state index contributed by atoms with van der Waals surface area (Å²) in [7, 11) is 0. The van der Waals surface area contributed by atoms with Crippen molar-refractivity contribution in [3.8, 4) is 0 Å². The number of aliphatic hydroxyl groups excluding tert-OH is 1. The molecule has 67 heavy (non-hydrogen) atoms. The smallest absolute Gasteiger partial charge is 0.245 e. The molecule has 1 aromatic carbocycles. The number of hydrogen-bond acceptors (Lipinski definition) is 15. The molecule has 0 bridgehead atoms. The summed E-state index contributed by atoms with van der Waals surface area (Å²) in [5.41, 5.74) is 16.2. The summed E-state index contributed by atoms with van der Waals surface area (Å²) >= 11 is 1.92. The van der Waals surface area contributed by atoms with Crippen molar-refractivity contribution in [2.24, 2.45) is 23.1 Å². The molecule has 8 atom stereocenters. The van der Waals surface area contributed by atoms with E-state index in [0.29, 0.717) is 12.0 Å². The number of thioether (sulfide) groups is 2. The van der Waals surface area contributed by atoms with Crippen LogP contribution in [0.4, 0.5) is 0 Å². The van der Waals surface area contributed by atoms with E-state index in [4.69, 9.17) is 17.2 Å². The van der Waals surface area contributed by atoms with Gasteiger partial charge in [-0.25, -0.2) is 0 Å². The lowest BCUT2D eigenvalue weighted by Crippen LogP contribution is -2.60. The van der Waals surface area contributed by atoms with Gasteiger partial charge in [-0.1, -0.05) is 50.6 Å². The minimum absolute atomic E-state index is 0.0109. The van der Waals surface area contributed by atoms with Gasteiger partial charge >= 0.3 is 0 Å². The van der Waals surface area contributed by atoms with E-state index in [2.05, 4.69) is 47.9 Å². The molecule has 0 heterocycles. The second-order valence-corrected chi connectivity index (χ2v) is 17.2. The maximum absolute atomic E-state index is 13.4. The molecule has 0 aliphatic heterocycles. The van der Waals surface area contributed by atoms with E-state index in [0.717, 1.165) is 23.5 Å². The Balaban J connectivity index is 2.91. The average Bonchev–Trinajstić information content (AvgIpc) is 3.25. The summed E-state index contributed by atoms with van der Waals surface area (Å²) < 4.78 is 0. The SMILES string of the molecule is CC[C@H](C)[C@H](NC(=O)CNC(=O)[C@H](CSCC(N)=O)NC(C)=O)C(=O)NCC(=O)N[C@@H](Cc1ccccc1)C(=O)NCC(=O)N[C@@H](C)C(=O)N[C@H](C(=O)N[C@@H](CSCC(N)=O)C(N)=O)[C@@H](C)O. The van der Waals surface area contributed by atoms with Gasteiger partial charge in [0.15, 0.2) is 0 Å². The van der Waals surface area contributed by atoms with Crippen LogP contribution in [0, 0.1) is 5.92 Å². The van der Waals surface area contributed by atoms with Crippen molar-refractivity contribution in [3.05, 3.63) is 35.9 Å². The van der Waals surface area contributed by atoms with E-state index in [-0.39, 0.29) is 29.4 Å². The Kier molecular flexibility index (Phi) is 26.8. The maximum Gasteiger partial charge on any atom is 0.245 e. The van der Waals surface area contributed by atoms with Crippen LogP contribution in [0.2, 0.25) is 0 Å². The molecule has 0 fully saturated rings. The minimum Gasteiger partial charge on any atom is -0.391 e. The number of primary amides is 3. The molecule has 0 saturated carbocycles. The van der Waals surface area contributed by atoms with Crippen molar-refractivity contribution in [3.63, 3.8) is 0 Å². The van der Waals surface area contributed by atoms with Crippen molar-refractivity contribution < 1.29 is 62.6 Å². The molecule has 0 unspecified atom stereocenters. The first-order chi connectivity index (χ1) is 31.4. The topological polar surface area (TPSA) is 411 Å². The highest BCUT2D eigenvalue weighted by molar-refractivity contribution is 8.00. The summed E-state index contributed by atoms with van der Waals surface area (Å²) in [4.78, 5) is 150. The van der Waals surface area contributed by atoms with Crippen molar-refractivity contribution in [1.29, 1.82) is 0 Å². The summed E-state index contributed by atoms with van der Waals surface area (Å²) in [5, 5.41) is 31.8. The Hall–Kier alpha value is -6.48. The molecule has 0 aliphatic rings. The van der Waals surface area contributed by atoms with Gasteiger partial charge in [-0.2, -0.15) is 0 Å². The molecule has 16 N–H and O–H groups in total. The third-order valence-corrected chi connectivity index (χ3v) is 11.4. The summed E-state index contributed by atoms with van der Waals surface area (Å²) in [6, 6.07) is 0.734. The number of aliphatic hydroxyl groups is 1. The fourth-order valence-corrected chi connectivity index (χ4v) is 7.16. The van der Waals surface area contributed by atoms with Gasteiger partial charge in [0, 0.05) is 24.9 Å². The van der Waals surface area contributed by atoms with E-state index in [1.54, 1.807) is 44.2 Å². The zero-order valence-corrected chi connectivity index (χ0v) is 39.4. The lowest BCUT2D eigenvalue weighted by molar-refractivity contribution is -0.135. The van der Waals surface area contributed by atoms with Crippen molar-refractivity contribution >= 4 is 94.4 Å². The number of amides is 12. The van der Waals surface area contributed by atoms with Gasteiger partial charge in [-0.3, -0.25) is 57.5 Å². The van der Waals surface area contributed by atoms with Crippen LogP contribution in [0.5, 0.6) is 0 Å². The number of benzene rings is 1. The molecule has 1 rings (SSSR count). The monoisotopic (exact) mass is 982 g/mol. The van der Waals surface area contributed by atoms with Crippen LogP contribution < -0.4 is 65.1 Å². The minimum atomic E-state index is -1.61. The molecular weight excluding hydrogens is 921 g/mol. The van der Waals surface area contributed by atoms with Gasteiger partial charge in [0.25, 0.3) is 0 Å². The van der Waals surface area contributed by atoms with Crippen molar-refractivity contribution in [2.45, 2.75) is 89.8 Å². The van der Waals surface area contributed by atoms with Crippen molar-refractivity contribution in [1.82, 2.24) is 47.9 Å². The molecule has 0 radical (unpaired) electrons. The zero-order valence-electron chi connectivity index (χ0n) is 37.8. The molecule has 0 aliphatic carbocycles. The van der Waals surface area contributed by atoms with E-state index in [1.165, 1.54) is 20.8 Å². The summed E-state index contributed by atoms with van der Waals surface area (Å²) in [6.07, 6.45) is -1.13. The standard InChI is InChI=1S/C40H62N12O13S2/c1-6-20(2)33(51-32(59)15-45-38(63)27(48-23(5)54)17-67-19-29(42)56)39(64)46-14-31(58)49-25(12-24-10-8-7-9-11-24)37(62)44-13-30(57)47-21(3)36(61)52-34(22(4)53)40(65)50-26(35(43)60)16-66-18-28(41)55/h7-11,20-22,25-27,33-34,53H,6,12-19H2,1-5H3,(H2,41,55)(H2,42,56)(H2,43,60)(H,44,62)(H,45,63)(H,46,64)(H,47,57)(H,48,54)(H,49,58)(H,50,65)(H,51,59)(H,52,61)/t20-,21-,22+,25-,26-,27-,33-,34-/m0/s1. The molecule has 0 aromatic heterocycles. The van der Waals surface area contributed by atoms with Gasteiger partial charge in [0.1, 0.15) is 36.3 Å². The molecule has 0 spiro atoms. The molecule has 1 aromatic rings. The first kappa shape index (κ1) is 58.5. The lowest BCUT2D eigenvalue weighted by atomic mass is 9.98. The number of nitrogens with two attached hydrogens (primary N) is 3. The number of nitrogens with one attached hydrogen (secondary N) is 9. The summed E-state index contributed by atoms with van der Waals surface area (Å²) in [6.45, 7) is 5.14. The first-order valence-corrected chi connectivity index (χ1v) is 23.1. The Morgan fingerprint density at radius 2 is 1.06 bits per heavy atom. The Bertz CT molecular complexity index is 1930. The normalized spacial score (nSPS) is 14.3. The first-order valence-electron chi connectivity index (χ1n) is 20.8. The van der Waals surface area contributed by atoms with Crippen LogP contribution in [-0.2, 0) is 64.0 Å². The quantitative estimate of drug-likeness (QED) is 0.0329. The third kappa shape index (κ3) is 24.0. The molecule has 372 valence electrons. The Morgan fingerprint density at radius 1 is 0.567 bits per heavy atom. The highest BCUT2D eigenvalue weighted by Crippen LogP contribution is 2.09.